The molecule has 0 bridgehead atoms. The van der Waals surface area contributed by atoms with E-state index in [1.54, 1.807) is 0 Å². The Labute approximate surface area is 119 Å². The molecule has 0 aliphatic rings. The zero-order valence-electron chi connectivity index (χ0n) is 11.1. The highest BCUT2D eigenvalue weighted by Crippen LogP contribution is 2.20. The number of carbonyl (C=O) groups excluding carboxylic acids is 2. The molecule has 2 rings (SSSR count). The number of hydrogen-bond donors (Lipinski definition) is 2. The van der Waals surface area contributed by atoms with Gasteiger partial charge in [0.2, 0.25) is 5.91 Å². The minimum absolute atomic E-state index is 0.0283. The molecule has 0 aliphatic carbocycles. The lowest BCUT2D eigenvalue weighted by Gasteiger charge is -2.09. The Bertz CT molecular complexity index is 685. The van der Waals surface area contributed by atoms with Crippen LogP contribution in [-0.2, 0) is 4.79 Å². The highest BCUT2D eigenvalue weighted by atomic mass is 19.1. The predicted molar refractivity (Wildman–Crippen MR) is 75.1 cm³/mol. The van der Waals surface area contributed by atoms with Crippen molar-refractivity contribution in [2.75, 3.05) is 10.6 Å². The van der Waals surface area contributed by atoms with Crippen molar-refractivity contribution in [3.63, 3.8) is 0 Å². The van der Waals surface area contributed by atoms with Gasteiger partial charge in [-0.2, -0.15) is 0 Å². The first-order valence-electron chi connectivity index (χ1n) is 6.10. The van der Waals surface area contributed by atoms with Crippen LogP contribution in [0.5, 0.6) is 0 Å². The lowest BCUT2D eigenvalue weighted by Crippen LogP contribution is -2.13. The molecule has 4 nitrogen and oxygen atoms in total. The van der Waals surface area contributed by atoms with Gasteiger partial charge >= 0.3 is 0 Å². The van der Waals surface area contributed by atoms with Crippen molar-refractivity contribution in [2.45, 2.75) is 6.92 Å². The first-order chi connectivity index (χ1) is 9.95. The van der Waals surface area contributed by atoms with Crippen molar-refractivity contribution in [1.82, 2.24) is 0 Å². The summed E-state index contributed by atoms with van der Waals surface area (Å²) in [5.41, 5.74) is 0.552. The van der Waals surface area contributed by atoms with Crippen molar-refractivity contribution in [2.24, 2.45) is 0 Å². The molecule has 0 aliphatic heterocycles. The first-order valence-corrected chi connectivity index (χ1v) is 6.10. The number of nitrogens with one attached hydrogen (secondary N) is 2. The van der Waals surface area contributed by atoms with Crippen molar-refractivity contribution < 1.29 is 18.4 Å². The predicted octanol–water partition coefficient (Wildman–Crippen LogP) is 3.18. The molecule has 0 heterocycles. The highest BCUT2D eigenvalue weighted by molar-refractivity contribution is 6.04. The molecule has 0 spiro atoms. The van der Waals surface area contributed by atoms with Gasteiger partial charge in [-0.05, 0) is 42.5 Å². The SMILES string of the molecule is CC(=O)Nc1cc(NC(=O)c2ccc(F)cc2)ccc1F. The minimum atomic E-state index is -0.606. The summed E-state index contributed by atoms with van der Waals surface area (Å²) >= 11 is 0. The Morgan fingerprint density at radius 1 is 0.952 bits per heavy atom. The van der Waals surface area contributed by atoms with Crippen LogP contribution in [0.15, 0.2) is 42.5 Å². The largest absolute Gasteiger partial charge is 0.324 e. The second kappa shape index (κ2) is 6.13. The van der Waals surface area contributed by atoms with Crippen LogP contribution in [0.2, 0.25) is 0 Å². The molecule has 2 aromatic carbocycles. The van der Waals surface area contributed by atoms with Gasteiger partial charge < -0.3 is 10.6 Å². The summed E-state index contributed by atoms with van der Waals surface area (Å²) in [6.07, 6.45) is 0. The summed E-state index contributed by atoms with van der Waals surface area (Å²) < 4.78 is 26.2. The summed E-state index contributed by atoms with van der Waals surface area (Å²) in [7, 11) is 0. The number of amides is 2. The van der Waals surface area contributed by atoms with Gasteiger partial charge in [0.15, 0.2) is 0 Å². The maximum Gasteiger partial charge on any atom is 0.255 e. The molecule has 0 saturated carbocycles. The van der Waals surface area contributed by atoms with Crippen LogP contribution in [-0.4, -0.2) is 11.8 Å². The molecular weight excluding hydrogens is 278 g/mol. The molecule has 2 amide bonds. The Morgan fingerprint density at radius 3 is 2.24 bits per heavy atom. The van der Waals surface area contributed by atoms with E-state index in [9.17, 15) is 18.4 Å². The van der Waals surface area contributed by atoms with E-state index in [1.807, 2.05) is 0 Å². The Morgan fingerprint density at radius 2 is 1.62 bits per heavy atom. The molecule has 108 valence electrons. The van der Waals surface area contributed by atoms with E-state index in [0.717, 1.165) is 6.07 Å². The molecule has 6 heteroatoms. The van der Waals surface area contributed by atoms with E-state index < -0.39 is 23.4 Å². The van der Waals surface area contributed by atoms with E-state index >= 15 is 0 Å². The van der Waals surface area contributed by atoms with Crippen LogP contribution in [0.4, 0.5) is 20.2 Å². The molecule has 0 fully saturated rings. The maximum atomic E-state index is 13.5. The molecule has 0 radical (unpaired) electrons. The van der Waals surface area contributed by atoms with Gasteiger partial charge in [0.05, 0.1) is 5.69 Å². The second-order valence-electron chi connectivity index (χ2n) is 4.34. The quantitative estimate of drug-likeness (QED) is 0.912. The minimum Gasteiger partial charge on any atom is -0.324 e. The van der Waals surface area contributed by atoms with Crippen LogP contribution in [0.3, 0.4) is 0 Å². The van der Waals surface area contributed by atoms with Crippen molar-refractivity contribution in [3.8, 4) is 0 Å². The highest BCUT2D eigenvalue weighted by Gasteiger charge is 2.09. The van der Waals surface area contributed by atoms with Gasteiger partial charge in [-0.3, -0.25) is 9.59 Å². The van der Waals surface area contributed by atoms with E-state index in [-0.39, 0.29) is 11.3 Å². The third-order valence-electron chi connectivity index (χ3n) is 2.64. The monoisotopic (exact) mass is 290 g/mol. The smallest absolute Gasteiger partial charge is 0.255 e. The number of rotatable bonds is 3. The van der Waals surface area contributed by atoms with Crippen LogP contribution in [0, 0.1) is 11.6 Å². The fraction of sp³-hybridized carbons (Fsp3) is 0.0667. The van der Waals surface area contributed by atoms with Crippen molar-refractivity contribution in [3.05, 3.63) is 59.7 Å². The van der Waals surface area contributed by atoms with Crippen LogP contribution >= 0.6 is 0 Å². The summed E-state index contributed by atoms with van der Waals surface area (Å²) in [5.74, 6) is -1.93. The summed E-state index contributed by atoms with van der Waals surface area (Å²) in [6.45, 7) is 1.25. The standard InChI is InChI=1S/C15H12F2N2O2/c1-9(20)18-14-8-12(6-7-13(14)17)19-15(21)10-2-4-11(16)5-3-10/h2-8H,1H3,(H,18,20)(H,19,21). The summed E-state index contributed by atoms with van der Waals surface area (Å²) in [4.78, 5) is 22.9. The molecule has 0 atom stereocenters. The number of halogens is 2. The average Bonchev–Trinajstić information content (AvgIpc) is 2.42. The lowest BCUT2D eigenvalue weighted by atomic mass is 10.2. The molecule has 0 saturated heterocycles. The molecule has 0 aromatic heterocycles. The van der Waals surface area contributed by atoms with E-state index in [0.29, 0.717) is 5.69 Å². The third-order valence-corrected chi connectivity index (χ3v) is 2.64. The normalized spacial score (nSPS) is 10.0. The fourth-order valence-electron chi connectivity index (χ4n) is 1.69. The van der Waals surface area contributed by atoms with Gasteiger partial charge in [-0.1, -0.05) is 0 Å². The Hall–Kier alpha value is -2.76. The van der Waals surface area contributed by atoms with Crippen molar-refractivity contribution in [1.29, 1.82) is 0 Å². The summed E-state index contributed by atoms with van der Waals surface area (Å²) in [6, 6.07) is 8.81. The second-order valence-corrected chi connectivity index (χ2v) is 4.34. The zero-order valence-corrected chi connectivity index (χ0v) is 11.1. The van der Waals surface area contributed by atoms with Gasteiger partial charge in [-0.25, -0.2) is 8.78 Å². The van der Waals surface area contributed by atoms with E-state index in [2.05, 4.69) is 10.6 Å². The zero-order chi connectivity index (χ0) is 15.4. The fourth-order valence-corrected chi connectivity index (χ4v) is 1.69. The molecular formula is C15H12F2N2O2. The number of benzene rings is 2. The number of hydrogen-bond acceptors (Lipinski definition) is 2. The first kappa shape index (κ1) is 14.6. The molecule has 0 unspecified atom stereocenters. The summed E-state index contributed by atoms with van der Waals surface area (Å²) in [5, 5.41) is 4.86. The lowest BCUT2D eigenvalue weighted by molar-refractivity contribution is -0.114. The number of anilines is 2. The van der Waals surface area contributed by atoms with Gasteiger partial charge in [0, 0.05) is 18.2 Å². The van der Waals surface area contributed by atoms with E-state index in [1.165, 1.54) is 43.3 Å². The van der Waals surface area contributed by atoms with E-state index in [4.69, 9.17) is 0 Å². The topological polar surface area (TPSA) is 58.2 Å². The third kappa shape index (κ3) is 3.85. The Kier molecular flexibility index (Phi) is 4.27. The van der Waals surface area contributed by atoms with Gasteiger partial charge in [0.1, 0.15) is 11.6 Å². The molecule has 2 aromatic rings. The van der Waals surface area contributed by atoms with Crippen LogP contribution in [0.25, 0.3) is 0 Å². The van der Waals surface area contributed by atoms with Gasteiger partial charge in [-0.15, -0.1) is 0 Å². The average molecular weight is 290 g/mol. The van der Waals surface area contributed by atoms with Crippen LogP contribution in [0.1, 0.15) is 17.3 Å². The van der Waals surface area contributed by atoms with Crippen LogP contribution < -0.4 is 10.6 Å². The Balaban J connectivity index is 2.17. The molecule has 2 N–H and O–H groups in total. The number of carbonyl (C=O) groups is 2. The maximum absolute atomic E-state index is 13.5. The van der Waals surface area contributed by atoms with Crippen molar-refractivity contribution >= 4 is 23.2 Å². The van der Waals surface area contributed by atoms with Gasteiger partial charge in [0.25, 0.3) is 5.91 Å². The molecule has 21 heavy (non-hydrogen) atoms.